The van der Waals surface area contributed by atoms with E-state index < -0.39 is 0 Å². The van der Waals surface area contributed by atoms with Crippen LogP contribution < -0.4 is 0 Å². The average molecular weight is 591 g/mol. The molecule has 0 N–H and O–H groups in total. The number of rotatable bonds is 4. The van der Waals surface area contributed by atoms with Crippen LogP contribution in [0.3, 0.4) is 0 Å². The highest BCUT2D eigenvalue weighted by atomic mass is 16.3. The normalized spacial score (nSPS) is 12.1. The molecule has 214 valence electrons. The number of hydrogen-bond donors (Lipinski definition) is 0. The smallest absolute Gasteiger partial charge is 0.197 e. The Bertz CT molecular complexity index is 2640. The van der Waals surface area contributed by atoms with Crippen molar-refractivity contribution in [2.75, 3.05) is 0 Å². The second-order valence-corrected chi connectivity index (χ2v) is 11.9. The van der Waals surface area contributed by atoms with Gasteiger partial charge in [0.05, 0.1) is 11.1 Å². The fraction of sp³-hybridized carbons (Fsp3) is 0. The molecule has 2 aliphatic rings. The first kappa shape index (κ1) is 25.1. The molecule has 8 aromatic carbocycles. The van der Waals surface area contributed by atoms with E-state index in [-0.39, 0.29) is 11.6 Å². The summed E-state index contributed by atoms with van der Waals surface area (Å²) in [6, 6.07) is 43.0. The number of fused-ring (bicyclic) bond motifs is 2. The van der Waals surface area contributed by atoms with Gasteiger partial charge >= 0.3 is 0 Å². The summed E-state index contributed by atoms with van der Waals surface area (Å²) in [7, 11) is 0. The highest BCUT2D eigenvalue weighted by molar-refractivity contribution is 6.30. The van der Waals surface area contributed by atoms with Crippen LogP contribution in [0.25, 0.3) is 76.5 Å². The van der Waals surface area contributed by atoms with Crippen LogP contribution in [-0.4, -0.2) is 11.6 Å². The van der Waals surface area contributed by atoms with Gasteiger partial charge in [-0.2, -0.15) is 0 Å². The third-order valence-electron chi connectivity index (χ3n) is 9.43. The Labute approximate surface area is 261 Å². The van der Waals surface area contributed by atoms with Crippen molar-refractivity contribution in [1.29, 1.82) is 0 Å². The van der Waals surface area contributed by atoms with Crippen LogP contribution in [0, 0.1) is 0 Å². The standard InChI is InChI=1S/C42H22O4/c43-39(29-13-5-9-23-7-1-3-11-27(23)29)31-19-15-25-17-22-34-37-35(25)41(31)45-33-21-18-26-16-20-32(42(46-34)36(26)38(33)37)40(44)30-14-6-10-24-8-2-4-12-28(24)30/h1-22H. The van der Waals surface area contributed by atoms with E-state index in [0.29, 0.717) is 44.6 Å². The lowest BCUT2D eigenvalue weighted by Gasteiger charge is -2.21. The summed E-state index contributed by atoms with van der Waals surface area (Å²) in [5, 5.41) is 7.37. The highest BCUT2D eigenvalue weighted by Gasteiger charge is 2.29. The predicted octanol–water partition coefficient (Wildman–Crippen LogP) is 10.8. The summed E-state index contributed by atoms with van der Waals surface area (Å²) in [5.41, 5.74) is 6.31. The van der Waals surface area contributed by atoms with Gasteiger partial charge in [-0.15, -0.1) is 0 Å². The Balaban J connectivity index is 1.26. The molecule has 0 fully saturated rings. The quantitative estimate of drug-likeness (QED) is 0.116. The minimum absolute atomic E-state index is 0.101. The van der Waals surface area contributed by atoms with E-state index in [4.69, 9.17) is 8.83 Å². The van der Waals surface area contributed by atoms with Crippen molar-refractivity contribution in [2.45, 2.75) is 0 Å². The fourth-order valence-electron chi connectivity index (χ4n) is 7.33. The molecule has 10 rings (SSSR count). The van der Waals surface area contributed by atoms with Gasteiger partial charge in [0.25, 0.3) is 0 Å². The lowest BCUT2D eigenvalue weighted by atomic mass is 9.86. The molecule has 0 saturated heterocycles. The molecule has 2 heterocycles. The van der Waals surface area contributed by atoms with E-state index in [1.165, 1.54) is 0 Å². The first-order valence-electron chi connectivity index (χ1n) is 15.3. The van der Waals surface area contributed by atoms with Gasteiger partial charge in [-0.1, -0.05) is 109 Å². The molecule has 0 aromatic heterocycles. The molecule has 0 radical (unpaired) electrons. The van der Waals surface area contributed by atoms with Crippen molar-refractivity contribution < 1.29 is 18.4 Å². The summed E-state index contributed by atoms with van der Waals surface area (Å²) >= 11 is 0. The van der Waals surface area contributed by atoms with E-state index in [0.717, 1.165) is 54.2 Å². The van der Waals surface area contributed by atoms with Gasteiger partial charge in [0.1, 0.15) is 22.3 Å². The lowest BCUT2D eigenvalue weighted by molar-refractivity contribution is 0.103. The maximum atomic E-state index is 14.2. The van der Waals surface area contributed by atoms with Crippen LogP contribution in [0.4, 0.5) is 0 Å². The van der Waals surface area contributed by atoms with Crippen molar-refractivity contribution in [1.82, 2.24) is 0 Å². The van der Waals surface area contributed by atoms with E-state index >= 15 is 0 Å². The molecule has 0 aliphatic carbocycles. The predicted molar refractivity (Wildman–Crippen MR) is 184 cm³/mol. The second-order valence-electron chi connectivity index (χ2n) is 11.9. The molecule has 2 aliphatic heterocycles. The molecule has 0 saturated carbocycles. The molecule has 0 atom stereocenters. The van der Waals surface area contributed by atoms with Crippen molar-refractivity contribution in [3.8, 4) is 11.1 Å². The van der Waals surface area contributed by atoms with E-state index in [1.54, 1.807) is 0 Å². The zero-order valence-corrected chi connectivity index (χ0v) is 24.3. The summed E-state index contributed by atoms with van der Waals surface area (Å²) < 4.78 is 13.4. The van der Waals surface area contributed by atoms with Crippen LogP contribution in [0.2, 0.25) is 0 Å². The lowest BCUT2D eigenvalue weighted by Crippen LogP contribution is -2.06. The third-order valence-corrected chi connectivity index (χ3v) is 9.43. The fourth-order valence-corrected chi connectivity index (χ4v) is 7.33. The Hall–Kier alpha value is -6.26. The first-order valence-corrected chi connectivity index (χ1v) is 15.3. The Morgan fingerprint density at radius 1 is 0.370 bits per heavy atom. The molecule has 46 heavy (non-hydrogen) atoms. The first-order chi connectivity index (χ1) is 22.7. The number of hydrogen-bond acceptors (Lipinski definition) is 4. The van der Waals surface area contributed by atoms with E-state index in [1.807, 2.05) is 133 Å². The van der Waals surface area contributed by atoms with Gasteiger partial charge in [0.2, 0.25) is 0 Å². The van der Waals surface area contributed by atoms with Gasteiger partial charge < -0.3 is 8.83 Å². The number of ketones is 2. The maximum Gasteiger partial charge on any atom is 0.197 e. The summed E-state index contributed by atoms with van der Waals surface area (Å²) in [6.45, 7) is 0. The highest BCUT2D eigenvalue weighted by Crippen LogP contribution is 2.49. The summed E-state index contributed by atoms with van der Waals surface area (Å²) in [6.07, 6.45) is 0. The van der Waals surface area contributed by atoms with Crippen molar-refractivity contribution in [3.63, 3.8) is 0 Å². The minimum atomic E-state index is -0.101. The topological polar surface area (TPSA) is 60.4 Å². The molecule has 0 spiro atoms. The van der Waals surface area contributed by atoms with Gasteiger partial charge in [0, 0.05) is 33.0 Å². The zero-order chi connectivity index (χ0) is 30.5. The van der Waals surface area contributed by atoms with E-state index in [9.17, 15) is 9.59 Å². The van der Waals surface area contributed by atoms with Gasteiger partial charge in [-0.3, -0.25) is 9.59 Å². The van der Waals surface area contributed by atoms with Gasteiger partial charge in [0.15, 0.2) is 11.6 Å². The molecular formula is C42H22O4. The molecule has 0 unspecified atom stereocenters. The van der Waals surface area contributed by atoms with Crippen LogP contribution in [0.5, 0.6) is 0 Å². The van der Waals surface area contributed by atoms with Gasteiger partial charge in [-0.05, 0) is 56.6 Å². The van der Waals surface area contributed by atoms with Crippen LogP contribution >= 0.6 is 0 Å². The Morgan fingerprint density at radius 3 is 1.26 bits per heavy atom. The molecule has 8 aromatic rings. The Morgan fingerprint density at radius 2 is 0.783 bits per heavy atom. The molecular weight excluding hydrogens is 568 g/mol. The number of carbonyl (C=O) groups excluding carboxylic acids is 2. The van der Waals surface area contributed by atoms with E-state index in [2.05, 4.69) is 0 Å². The Kier molecular flexibility index (Phi) is 4.98. The van der Waals surface area contributed by atoms with Crippen molar-refractivity contribution in [2.24, 2.45) is 0 Å². The molecule has 0 bridgehead atoms. The largest absolute Gasteiger partial charge is 0.455 e. The van der Waals surface area contributed by atoms with Gasteiger partial charge in [-0.25, -0.2) is 0 Å². The zero-order valence-electron chi connectivity index (χ0n) is 24.3. The molecule has 4 heteroatoms. The second kappa shape index (κ2) is 9.13. The number of carbonyl (C=O) groups is 2. The monoisotopic (exact) mass is 590 g/mol. The molecule has 4 nitrogen and oxygen atoms in total. The third kappa shape index (κ3) is 3.33. The minimum Gasteiger partial charge on any atom is -0.455 e. The maximum absolute atomic E-state index is 14.2. The van der Waals surface area contributed by atoms with Crippen LogP contribution in [-0.2, 0) is 0 Å². The van der Waals surface area contributed by atoms with Crippen molar-refractivity contribution >= 4 is 77.0 Å². The van der Waals surface area contributed by atoms with Crippen LogP contribution in [0.15, 0.2) is 142 Å². The summed E-state index contributed by atoms with van der Waals surface area (Å²) in [4.78, 5) is 28.5. The summed E-state index contributed by atoms with van der Waals surface area (Å²) in [5.74, 6) is -0.202. The molecule has 0 amide bonds. The SMILES string of the molecule is O=C(c1cccc2ccccc12)c1ccc2ccc3oc4c(C(=O)c5cccc6ccccc56)ccc5ccc6oc1c2c3-c6c54. The van der Waals surface area contributed by atoms with Crippen LogP contribution in [0.1, 0.15) is 31.8 Å². The number of benzene rings is 8. The average Bonchev–Trinajstić information content (AvgIpc) is 3.11. The van der Waals surface area contributed by atoms with Crippen molar-refractivity contribution in [3.05, 3.63) is 156 Å².